The van der Waals surface area contributed by atoms with Gasteiger partial charge < -0.3 is 4.42 Å². The van der Waals surface area contributed by atoms with Crippen molar-refractivity contribution in [3.05, 3.63) is 65.4 Å². The Morgan fingerprint density at radius 1 is 1.04 bits per heavy atom. The molecule has 0 spiro atoms. The molecule has 122 valence electrons. The van der Waals surface area contributed by atoms with Crippen molar-refractivity contribution in [2.45, 2.75) is 13.8 Å². The molecule has 0 unspecified atom stereocenters. The minimum Gasteiger partial charge on any atom is -0.451 e. The molecular formula is C17H15FN4O2. The molecule has 7 heteroatoms. The van der Waals surface area contributed by atoms with E-state index in [0.29, 0.717) is 17.3 Å². The summed E-state index contributed by atoms with van der Waals surface area (Å²) in [5.41, 5.74) is 7.38. The van der Waals surface area contributed by atoms with Crippen LogP contribution in [0.4, 0.5) is 10.3 Å². The molecule has 0 saturated carbocycles. The van der Waals surface area contributed by atoms with Crippen LogP contribution < -0.4 is 10.9 Å². The lowest BCUT2D eigenvalue weighted by molar-refractivity contribution is 0.0935. The van der Waals surface area contributed by atoms with Crippen molar-refractivity contribution < 1.29 is 13.6 Å². The zero-order valence-corrected chi connectivity index (χ0v) is 13.1. The molecular weight excluding hydrogens is 311 g/mol. The molecule has 0 aliphatic heterocycles. The van der Waals surface area contributed by atoms with Crippen LogP contribution in [0.5, 0.6) is 0 Å². The van der Waals surface area contributed by atoms with E-state index in [1.54, 1.807) is 18.2 Å². The third-order valence-corrected chi connectivity index (χ3v) is 3.23. The summed E-state index contributed by atoms with van der Waals surface area (Å²) >= 11 is 0. The summed E-state index contributed by atoms with van der Waals surface area (Å²) in [7, 11) is 0. The van der Waals surface area contributed by atoms with Crippen LogP contribution in [0.2, 0.25) is 0 Å². The van der Waals surface area contributed by atoms with Crippen molar-refractivity contribution in [1.82, 2.24) is 15.4 Å². The number of furan rings is 1. The monoisotopic (exact) mass is 326 g/mol. The van der Waals surface area contributed by atoms with Gasteiger partial charge in [-0.05, 0) is 56.3 Å². The van der Waals surface area contributed by atoms with Gasteiger partial charge in [-0.2, -0.15) is 0 Å². The molecule has 0 bridgehead atoms. The highest BCUT2D eigenvalue weighted by Gasteiger charge is 2.12. The number of hydrazine groups is 1. The van der Waals surface area contributed by atoms with Gasteiger partial charge in [0, 0.05) is 17.0 Å². The predicted molar refractivity (Wildman–Crippen MR) is 86.7 cm³/mol. The molecule has 0 aliphatic carbocycles. The lowest BCUT2D eigenvalue weighted by atomic mass is 10.2. The quantitative estimate of drug-likeness (QED) is 0.719. The molecule has 2 heterocycles. The number of nitrogens with one attached hydrogen (secondary N) is 2. The highest BCUT2D eigenvalue weighted by molar-refractivity contribution is 5.92. The van der Waals surface area contributed by atoms with Gasteiger partial charge in [-0.15, -0.1) is 0 Å². The maximum absolute atomic E-state index is 12.9. The first kappa shape index (κ1) is 15.7. The number of hydrogen-bond donors (Lipinski definition) is 2. The zero-order chi connectivity index (χ0) is 17.1. The second-order valence-corrected chi connectivity index (χ2v) is 5.22. The molecule has 0 saturated heterocycles. The number of carbonyl (C=O) groups is 1. The number of anilines is 1. The Kier molecular flexibility index (Phi) is 4.24. The highest BCUT2D eigenvalue weighted by Crippen LogP contribution is 2.22. The molecule has 2 aromatic heterocycles. The fourth-order valence-electron chi connectivity index (χ4n) is 2.19. The smallest absolute Gasteiger partial charge is 0.305 e. The van der Waals surface area contributed by atoms with Gasteiger partial charge in [-0.1, -0.05) is 0 Å². The van der Waals surface area contributed by atoms with Crippen molar-refractivity contribution in [1.29, 1.82) is 0 Å². The second-order valence-electron chi connectivity index (χ2n) is 5.22. The van der Waals surface area contributed by atoms with Crippen LogP contribution in [0.1, 0.15) is 21.9 Å². The SMILES string of the molecule is Cc1cc(C)nc(NNC(=O)c2ccc(-c3ccc(F)cc3)o2)n1. The van der Waals surface area contributed by atoms with Gasteiger partial charge in [0.15, 0.2) is 5.76 Å². The van der Waals surface area contributed by atoms with E-state index in [1.807, 2.05) is 19.9 Å². The van der Waals surface area contributed by atoms with Crippen molar-refractivity contribution in [3.63, 3.8) is 0 Å². The molecule has 0 fully saturated rings. The number of benzene rings is 1. The summed E-state index contributed by atoms with van der Waals surface area (Å²) in [4.78, 5) is 20.4. The van der Waals surface area contributed by atoms with Crippen LogP contribution in [-0.2, 0) is 0 Å². The average Bonchev–Trinajstić information content (AvgIpc) is 3.02. The molecule has 2 N–H and O–H groups in total. The number of amides is 1. The predicted octanol–water partition coefficient (Wildman–Crippen LogP) is 3.25. The summed E-state index contributed by atoms with van der Waals surface area (Å²) in [5.74, 6) is 0.0900. The van der Waals surface area contributed by atoms with E-state index in [-0.39, 0.29) is 11.6 Å². The molecule has 24 heavy (non-hydrogen) atoms. The van der Waals surface area contributed by atoms with Crippen molar-refractivity contribution in [2.24, 2.45) is 0 Å². The van der Waals surface area contributed by atoms with Crippen molar-refractivity contribution >= 4 is 11.9 Å². The summed E-state index contributed by atoms with van der Waals surface area (Å²) < 4.78 is 18.4. The summed E-state index contributed by atoms with van der Waals surface area (Å²) in [6.45, 7) is 3.67. The van der Waals surface area contributed by atoms with Crippen molar-refractivity contribution in [3.8, 4) is 11.3 Å². The second kappa shape index (κ2) is 6.49. The maximum Gasteiger partial charge on any atom is 0.305 e. The van der Waals surface area contributed by atoms with Gasteiger partial charge in [0.2, 0.25) is 5.95 Å². The Morgan fingerprint density at radius 2 is 1.71 bits per heavy atom. The van der Waals surface area contributed by atoms with Gasteiger partial charge in [0.25, 0.3) is 0 Å². The molecule has 1 amide bonds. The first-order valence-corrected chi connectivity index (χ1v) is 7.26. The number of aromatic nitrogens is 2. The summed E-state index contributed by atoms with van der Waals surface area (Å²) in [5, 5.41) is 0. The Labute approximate surface area is 137 Å². The minimum atomic E-state index is -0.467. The summed E-state index contributed by atoms with van der Waals surface area (Å²) in [6.07, 6.45) is 0. The normalized spacial score (nSPS) is 10.5. The van der Waals surface area contributed by atoms with Crippen LogP contribution in [-0.4, -0.2) is 15.9 Å². The fourth-order valence-corrected chi connectivity index (χ4v) is 2.19. The van der Waals surface area contributed by atoms with Crippen LogP contribution in [0, 0.1) is 19.7 Å². The lowest BCUT2D eigenvalue weighted by Crippen LogP contribution is -2.30. The van der Waals surface area contributed by atoms with Crippen LogP contribution in [0.15, 0.2) is 46.9 Å². The largest absolute Gasteiger partial charge is 0.451 e. The minimum absolute atomic E-state index is 0.117. The summed E-state index contributed by atoms with van der Waals surface area (Å²) in [6, 6.07) is 10.8. The van der Waals surface area contributed by atoms with Gasteiger partial charge in [-0.25, -0.2) is 14.4 Å². The fraction of sp³-hybridized carbons (Fsp3) is 0.118. The number of carbonyl (C=O) groups excluding carboxylic acids is 1. The van der Waals surface area contributed by atoms with Gasteiger partial charge in [0.05, 0.1) is 0 Å². The lowest BCUT2D eigenvalue weighted by Gasteiger charge is -2.07. The van der Waals surface area contributed by atoms with E-state index in [0.717, 1.165) is 11.4 Å². The Hall–Kier alpha value is -3.22. The third kappa shape index (κ3) is 3.57. The topological polar surface area (TPSA) is 80.0 Å². The first-order valence-electron chi connectivity index (χ1n) is 7.26. The zero-order valence-electron chi connectivity index (χ0n) is 13.1. The van der Waals surface area contributed by atoms with E-state index in [1.165, 1.54) is 18.2 Å². The molecule has 0 atom stereocenters. The molecule has 0 radical (unpaired) electrons. The molecule has 6 nitrogen and oxygen atoms in total. The van der Waals surface area contributed by atoms with Crippen LogP contribution >= 0.6 is 0 Å². The van der Waals surface area contributed by atoms with E-state index in [2.05, 4.69) is 20.8 Å². The van der Waals surface area contributed by atoms with Gasteiger partial charge in [0.1, 0.15) is 11.6 Å². The number of halogens is 1. The van der Waals surface area contributed by atoms with E-state index in [9.17, 15) is 9.18 Å². The number of hydrogen-bond acceptors (Lipinski definition) is 5. The van der Waals surface area contributed by atoms with Crippen molar-refractivity contribution in [2.75, 3.05) is 5.43 Å². The molecule has 3 rings (SSSR count). The van der Waals surface area contributed by atoms with E-state index in [4.69, 9.17) is 4.42 Å². The van der Waals surface area contributed by atoms with Gasteiger partial charge >= 0.3 is 5.91 Å². The molecule has 1 aromatic carbocycles. The highest BCUT2D eigenvalue weighted by atomic mass is 19.1. The molecule has 0 aliphatic rings. The van der Waals surface area contributed by atoms with E-state index >= 15 is 0 Å². The Morgan fingerprint density at radius 3 is 2.38 bits per heavy atom. The Balaban J connectivity index is 1.68. The van der Waals surface area contributed by atoms with Gasteiger partial charge in [-0.3, -0.25) is 15.6 Å². The molecule has 3 aromatic rings. The van der Waals surface area contributed by atoms with Crippen LogP contribution in [0.3, 0.4) is 0 Å². The standard InChI is InChI=1S/C17H15FN4O2/c1-10-9-11(2)20-17(19-10)22-21-16(23)15-8-7-14(24-15)12-3-5-13(18)6-4-12/h3-9H,1-2H3,(H,21,23)(H,19,20,22). The number of nitrogens with zero attached hydrogens (tertiary/aromatic N) is 2. The average molecular weight is 326 g/mol. The number of rotatable bonds is 4. The maximum atomic E-state index is 12.9. The Bertz CT molecular complexity index is 854. The van der Waals surface area contributed by atoms with Crippen LogP contribution in [0.25, 0.3) is 11.3 Å². The van der Waals surface area contributed by atoms with E-state index < -0.39 is 5.91 Å². The third-order valence-electron chi connectivity index (χ3n) is 3.23. The number of aryl methyl sites for hydroxylation is 2. The first-order chi connectivity index (χ1) is 11.5.